The van der Waals surface area contributed by atoms with Gasteiger partial charge in [-0.05, 0) is 30.7 Å². The molecule has 0 spiro atoms. The molecule has 1 aromatic carbocycles. The van der Waals surface area contributed by atoms with Gasteiger partial charge in [-0.2, -0.15) is 0 Å². The summed E-state index contributed by atoms with van der Waals surface area (Å²) in [6, 6.07) is 4.03. The number of hydrogen-bond donors (Lipinski definition) is 2. The summed E-state index contributed by atoms with van der Waals surface area (Å²) in [4.78, 5) is 10.2. The molecule has 1 aromatic rings. The fourth-order valence-corrected chi connectivity index (χ4v) is 0.846. The molecule has 0 aliphatic rings. The van der Waals surface area contributed by atoms with Gasteiger partial charge in [0.05, 0.1) is 0 Å². The van der Waals surface area contributed by atoms with Crippen molar-refractivity contribution in [2.24, 2.45) is 0 Å². The first-order valence-corrected chi connectivity index (χ1v) is 3.35. The fraction of sp³-hybridized carbons (Fsp3) is 0.125. The van der Waals surface area contributed by atoms with Gasteiger partial charge in [0, 0.05) is 5.69 Å². The third kappa shape index (κ3) is 1.95. The van der Waals surface area contributed by atoms with E-state index in [1.54, 1.807) is 6.92 Å². The number of hydrogen-bond acceptors (Lipinski definition) is 1. The average Bonchev–Trinajstić information content (AvgIpc) is 1.96. The molecule has 0 heterocycles. The van der Waals surface area contributed by atoms with E-state index in [4.69, 9.17) is 5.11 Å². The molecule has 0 saturated heterocycles. The van der Waals surface area contributed by atoms with Gasteiger partial charge >= 0.3 is 6.09 Å². The van der Waals surface area contributed by atoms with E-state index in [-0.39, 0.29) is 5.82 Å². The molecule has 0 aliphatic carbocycles. The molecule has 3 nitrogen and oxygen atoms in total. The smallest absolute Gasteiger partial charge is 0.409 e. The van der Waals surface area contributed by atoms with Crippen molar-refractivity contribution >= 4 is 11.8 Å². The molecule has 0 radical (unpaired) electrons. The van der Waals surface area contributed by atoms with Crippen molar-refractivity contribution in [3.8, 4) is 0 Å². The van der Waals surface area contributed by atoms with Crippen molar-refractivity contribution in [3.05, 3.63) is 29.6 Å². The third-order valence-corrected chi connectivity index (χ3v) is 1.41. The number of halogens is 1. The molecule has 0 saturated carbocycles. The maximum Gasteiger partial charge on any atom is 0.409 e. The lowest BCUT2D eigenvalue weighted by atomic mass is 10.2. The van der Waals surface area contributed by atoms with Crippen LogP contribution in [0.5, 0.6) is 0 Å². The van der Waals surface area contributed by atoms with Crippen molar-refractivity contribution in [1.82, 2.24) is 0 Å². The summed E-state index contributed by atoms with van der Waals surface area (Å²) in [5.41, 5.74) is 0.794. The van der Waals surface area contributed by atoms with Crippen LogP contribution in [0.15, 0.2) is 18.2 Å². The highest BCUT2D eigenvalue weighted by molar-refractivity contribution is 5.82. The average molecular weight is 169 g/mol. The van der Waals surface area contributed by atoms with Gasteiger partial charge in [-0.25, -0.2) is 9.18 Å². The minimum atomic E-state index is -1.15. The van der Waals surface area contributed by atoms with E-state index in [1.165, 1.54) is 18.2 Å². The molecular weight excluding hydrogens is 161 g/mol. The molecule has 64 valence electrons. The predicted octanol–water partition coefficient (Wildman–Crippen LogP) is 2.22. The van der Waals surface area contributed by atoms with Crippen LogP contribution in [-0.4, -0.2) is 11.2 Å². The minimum absolute atomic E-state index is 0.342. The van der Waals surface area contributed by atoms with E-state index >= 15 is 0 Å². The summed E-state index contributed by atoms with van der Waals surface area (Å²) in [5, 5.41) is 10.4. The lowest BCUT2D eigenvalue weighted by Crippen LogP contribution is -2.07. The van der Waals surface area contributed by atoms with Crippen molar-refractivity contribution in [3.63, 3.8) is 0 Å². The standard InChI is InChI=1S/C8H8FNO2/c1-5-4-6(10-8(11)12)2-3-7(5)9/h2-4,10H,1H3,(H,11,12). The first-order chi connectivity index (χ1) is 5.59. The Bertz CT molecular complexity index is 312. The molecule has 0 aromatic heterocycles. The summed E-state index contributed by atoms with van der Waals surface area (Å²) in [6.07, 6.45) is -1.15. The quantitative estimate of drug-likeness (QED) is 0.677. The van der Waals surface area contributed by atoms with E-state index in [1.807, 2.05) is 0 Å². The Morgan fingerprint density at radius 1 is 1.58 bits per heavy atom. The van der Waals surface area contributed by atoms with Crippen molar-refractivity contribution in [2.45, 2.75) is 6.92 Å². The molecule has 4 heteroatoms. The van der Waals surface area contributed by atoms with Crippen molar-refractivity contribution < 1.29 is 14.3 Å². The first-order valence-electron chi connectivity index (χ1n) is 3.35. The molecule has 0 fully saturated rings. The van der Waals surface area contributed by atoms with E-state index in [0.717, 1.165) is 0 Å². The Labute approximate surface area is 68.8 Å². The maximum atomic E-state index is 12.7. The molecular formula is C8H8FNO2. The van der Waals surface area contributed by atoms with Crippen LogP contribution < -0.4 is 5.32 Å². The summed E-state index contributed by atoms with van der Waals surface area (Å²) in [5.74, 6) is -0.342. The lowest BCUT2D eigenvalue weighted by Gasteiger charge is -2.01. The van der Waals surface area contributed by atoms with Gasteiger partial charge in [-0.3, -0.25) is 5.32 Å². The van der Waals surface area contributed by atoms with Gasteiger partial charge in [0.1, 0.15) is 5.82 Å². The molecule has 0 aliphatic heterocycles. The Balaban J connectivity index is 2.89. The lowest BCUT2D eigenvalue weighted by molar-refractivity contribution is 0.209. The van der Waals surface area contributed by atoms with Gasteiger partial charge in [-0.15, -0.1) is 0 Å². The van der Waals surface area contributed by atoms with Crippen LogP contribution >= 0.6 is 0 Å². The van der Waals surface area contributed by atoms with Crippen LogP contribution in [0.1, 0.15) is 5.56 Å². The number of nitrogens with one attached hydrogen (secondary N) is 1. The summed E-state index contributed by atoms with van der Waals surface area (Å²) in [7, 11) is 0. The second kappa shape index (κ2) is 3.21. The molecule has 1 rings (SSSR count). The molecule has 12 heavy (non-hydrogen) atoms. The fourth-order valence-electron chi connectivity index (χ4n) is 0.846. The molecule has 0 unspecified atom stereocenters. The normalized spacial score (nSPS) is 9.50. The van der Waals surface area contributed by atoms with Crippen LogP contribution in [0.25, 0.3) is 0 Å². The highest BCUT2D eigenvalue weighted by Crippen LogP contribution is 2.13. The number of amides is 1. The van der Waals surface area contributed by atoms with Crippen LogP contribution in [0.3, 0.4) is 0 Å². The van der Waals surface area contributed by atoms with Crippen LogP contribution in [0.2, 0.25) is 0 Å². The maximum absolute atomic E-state index is 12.7. The SMILES string of the molecule is Cc1cc(NC(=O)O)ccc1F. The monoisotopic (exact) mass is 169 g/mol. The second-order valence-corrected chi connectivity index (χ2v) is 2.39. The predicted molar refractivity (Wildman–Crippen MR) is 42.8 cm³/mol. The van der Waals surface area contributed by atoms with Gasteiger partial charge in [0.25, 0.3) is 0 Å². The Morgan fingerprint density at radius 2 is 2.25 bits per heavy atom. The number of anilines is 1. The summed E-state index contributed by atoms with van der Waals surface area (Å²) >= 11 is 0. The number of benzene rings is 1. The number of carboxylic acid groups (broad SMARTS) is 1. The highest BCUT2D eigenvalue weighted by atomic mass is 19.1. The Morgan fingerprint density at radius 3 is 2.75 bits per heavy atom. The van der Waals surface area contributed by atoms with E-state index in [9.17, 15) is 9.18 Å². The zero-order chi connectivity index (χ0) is 9.14. The minimum Gasteiger partial charge on any atom is -0.465 e. The van der Waals surface area contributed by atoms with Gasteiger partial charge in [0.15, 0.2) is 0 Å². The summed E-state index contributed by atoms with van der Waals surface area (Å²) < 4.78 is 12.7. The highest BCUT2D eigenvalue weighted by Gasteiger charge is 2.00. The van der Waals surface area contributed by atoms with Crippen LogP contribution in [-0.2, 0) is 0 Å². The van der Waals surface area contributed by atoms with Crippen LogP contribution in [0, 0.1) is 12.7 Å². The molecule has 1 amide bonds. The topological polar surface area (TPSA) is 49.3 Å². The zero-order valence-corrected chi connectivity index (χ0v) is 6.47. The number of carbonyl (C=O) groups is 1. The van der Waals surface area contributed by atoms with Gasteiger partial charge in [0.2, 0.25) is 0 Å². The van der Waals surface area contributed by atoms with Gasteiger partial charge in [-0.1, -0.05) is 0 Å². The first kappa shape index (κ1) is 8.52. The second-order valence-electron chi connectivity index (χ2n) is 2.39. The Kier molecular flexibility index (Phi) is 2.28. The Hall–Kier alpha value is -1.58. The number of rotatable bonds is 1. The third-order valence-electron chi connectivity index (χ3n) is 1.41. The molecule has 0 atom stereocenters. The van der Waals surface area contributed by atoms with E-state index in [0.29, 0.717) is 11.3 Å². The number of aryl methyl sites for hydroxylation is 1. The van der Waals surface area contributed by atoms with Crippen molar-refractivity contribution in [1.29, 1.82) is 0 Å². The van der Waals surface area contributed by atoms with E-state index < -0.39 is 6.09 Å². The van der Waals surface area contributed by atoms with Gasteiger partial charge < -0.3 is 5.11 Å². The van der Waals surface area contributed by atoms with Crippen LogP contribution in [0.4, 0.5) is 14.9 Å². The van der Waals surface area contributed by atoms with Crippen molar-refractivity contribution in [2.75, 3.05) is 5.32 Å². The molecule has 2 N–H and O–H groups in total. The zero-order valence-electron chi connectivity index (χ0n) is 6.47. The van der Waals surface area contributed by atoms with E-state index in [2.05, 4.69) is 5.32 Å². The summed E-state index contributed by atoms with van der Waals surface area (Å²) in [6.45, 7) is 1.57. The molecule has 0 bridgehead atoms. The largest absolute Gasteiger partial charge is 0.465 e.